The smallest absolute Gasteiger partial charge is 0.254 e. The van der Waals surface area contributed by atoms with Crippen LogP contribution in [0.4, 0.5) is 5.69 Å². The number of amides is 3. The van der Waals surface area contributed by atoms with Crippen LogP contribution in [0, 0.1) is 6.92 Å². The van der Waals surface area contributed by atoms with E-state index in [0.717, 1.165) is 12.0 Å². The largest absolute Gasteiger partial charge is 0.497 e. The molecule has 0 unspecified atom stereocenters. The van der Waals surface area contributed by atoms with Gasteiger partial charge in [0, 0.05) is 17.8 Å². The minimum Gasteiger partial charge on any atom is -0.497 e. The zero-order valence-electron chi connectivity index (χ0n) is 17.0. The quantitative estimate of drug-likeness (QED) is 0.681. The maximum absolute atomic E-state index is 12.7. The number of methoxy groups -OCH3 is 1. The normalized spacial score (nSPS) is 10.2. The zero-order chi connectivity index (χ0) is 21.2. The molecule has 0 heterocycles. The van der Waals surface area contributed by atoms with Gasteiger partial charge in [0.2, 0.25) is 11.8 Å². The van der Waals surface area contributed by atoms with E-state index < -0.39 is 0 Å². The molecule has 0 saturated heterocycles. The Morgan fingerprint density at radius 1 is 1.03 bits per heavy atom. The molecule has 0 aliphatic carbocycles. The van der Waals surface area contributed by atoms with Gasteiger partial charge in [0.05, 0.1) is 20.2 Å². The highest BCUT2D eigenvalue weighted by Crippen LogP contribution is 2.14. The zero-order valence-corrected chi connectivity index (χ0v) is 17.0. The fraction of sp³-hybridized carbons (Fsp3) is 0.318. The lowest BCUT2D eigenvalue weighted by molar-refractivity contribution is -0.124. The van der Waals surface area contributed by atoms with Gasteiger partial charge in [-0.1, -0.05) is 24.6 Å². The third-order valence-electron chi connectivity index (χ3n) is 4.20. The number of benzene rings is 2. The first-order valence-corrected chi connectivity index (χ1v) is 9.49. The molecule has 154 valence electrons. The van der Waals surface area contributed by atoms with Crippen molar-refractivity contribution >= 4 is 23.4 Å². The number of carbonyl (C=O) groups excluding carboxylic acids is 3. The van der Waals surface area contributed by atoms with Crippen LogP contribution in [0.1, 0.15) is 29.3 Å². The lowest BCUT2D eigenvalue weighted by Gasteiger charge is -2.22. The Morgan fingerprint density at radius 3 is 2.38 bits per heavy atom. The van der Waals surface area contributed by atoms with Gasteiger partial charge in [0.25, 0.3) is 5.91 Å². The number of carbonyl (C=O) groups is 3. The summed E-state index contributed by atoms with van der Waals surface area (Å²) in [6.07, 6.45) is 0.725. The Morgan fingerprint density at radius 2 is 1.76 bits per heavy atom. The standard InChI is InChI=1S/C22H27N3O4/c1-4-12-25(22(28)17-7-5-6-16(2)13-17)15-21(27)23-14-20(26)24-18-8-10-19(29-3)11-9-18/h5-11,13H,4,12,14-15H2,1-3H3,(H,23,27)(H,24,26). The molecule has 3 amide bonds. The molecule has 0 bridgehead atoms. The van der Waals surface area contributed by atoms with Gasteiger partial charge in [-0.05, 0) is 49.7 Å². The highest BCUT2D eigenvalue weighted by molar-refractivity contribution is 5.98. The van der Waals surface area contributed by atoms with Crippen LogP contribution >= 0.6 is 0 Å². The average Bonchev–Trinajstić information content (AvgIpc) is 2.72. The van der Waals surface area contributed by atoms with Gasteiger partial charge in [0.1, 0.15) is 5.75 Å². The van der Waals surface area contributed by atoms with E-state index in [-0.39, 0.29) is 30.8 Å². The number of nitrogens with zero attached hydrogens (tertiary/aromatic N) is 1. The van der Waals surface area contributed by atoms with E-state index >= 15 is 0 Å². The summed E-state index contributed by atoms with van der Waals surface area (Å²) < 4.78 is 5.07. The Kier molecular flexibility index (Phi) is 8.21. The third kappa shape index (κ3) is 6.95. The second kappa shape index (κ2) is 10.8. The Bertz CT molecular complexity index is 849. The van der Waals surface area contributed by atoms with Crippen LogP contribution in [-0.4, -0.2) is 49.4 Å². The number of hydrogen-bond acceptors (Lipinski definition) is 4. The number of rotatable bonds is 9. The molecule has 0 aromatic heterocycles. The predicted molar refractivity (Wildman–Crippen MR) is 112 cm³/mol. The number of aryl methyl sites for hydroxylation is 1. The topological polar surface area (TPSA) is 87.7 Å². The predicted octanol–water partition coefficient (Wildman–Crippen LogP) is 2.61. The Labute approximate surface area is 171 Å². The van der Waals surface area contributed by atoms with Crippen LogP contribution in [-0.2, 0) is 9.59 Å². The third-order valence-corrected chi connectivity index (χ3v) is 4.20. The summed E-state index contributed by atoms with van der Waals surface area (Å²) in [5.41, 5.74) is 2.13. The first kappa shape index (κ1) is 21.9. The molecule has 2 rings (SSSR count). The average molecular weight is 397 g/mol. The fourth-order valence-electron chi connectivity index (χ4n) is 2.77. The van der Waals surface area contributed by atoms with Gasteiger partial charge >= 0.3 is 0 Å². The van der Waals surface area contributed by atoms with E-state index in [2.05, 4.69) is 10.6 Å². The van der Waals surface area contributed by atoms with Gasteiger partial charge in [0.15, 0.2) is 0 Å². The first-order valence-electron chi connectivity index (χ1n) is 9.49. The van der Waals surface area contributed by atoms with E-state index in [0.29, 0.717) is 23.5 Å². The van der Waals surface area contributed by atoms with Gasteiger partial charge in [-0.15, -0.1) is 0 Å². The second-order valence-corrected chi connectivity index (χ2v) is 6.65. The SMILES string of the molecule is CCCN(CC(=O)NCC(=O)Nc1ccc(OC)cc1)C(=O)c1cccc(C)c1. The van der Waals surface area contributed by atoms with Crippen LogP contribution < -0.4 is 15.4 Å². The molecule has 29 heavy (non-hydrogen) atoms. The molecule has 0 spiro atoms. The minimum absolute atomic E-state index is 0.101. The molecule has 2 aromatic rings. The van der Waals surface area contributed by atoms with Crippen molar-refractivity contribution in [2.75, 3.05) is 32.1 Å². The van der Waals surface area contributed by atoms with E-state index in [1.54, 1.807) is 43.5 Å². The van der Waals surface area contributed by atoms with Crippen LogP contribution in [0.5, 0.6) is 5.75 Å². The summed E-state index contributed by atoms with van der Waals surface area (Å²) in [6.45, 7) is 4.03. The highest BCUT2D eigenvalue weighted by atomic mass is 16.5. The van der Waals surface area contributed by atoms with Crippen molar-refractivity contribution in [1.29, 1.82) is 0 Å². The molecule has 2 aromatic carbocycles. The summed E-state index contributed by atoms with van der Waals surface area (Å²) in [5, 5.41) is 5.25. The summed E-state index contributed by atoms with van der Waals surface area (Å²) in [7, 11) is 1.56. The minimum atomic E-state index is -0.385. The number of ether oxygens (including phenoxy) is 1. The summed E-state index contributed by atoms with van der Waals surface area (Å²) >= 11 is 0. The van der Waals surface area contributed by atoms with Gasteiger partial charge in [-0.3, -0.25) is 14.4 Å². The van der Waals surface area contributed by atoms with Crippen molar-refractivity contribution in [3.8, 4) is 5.75 Å². The van der Waals surface area contributed by atoms with Gasteiger partial charge in [-0.2, -0.15) is 0 Å². The fourth-order valence-corrected chi connectivity index (χ4v) is 2.77. The van der Waals surface area contributed by atoms with Crippen molar-refractivity contribution in [2.24, 2.45) is 0 Å². The molecule has 0 aliphatic heterocycles. The Balaban J connectivity index is 1.87. The molecule has 0 aliphatic rings. The Hall–Kier alpha value is -3.35. The van der Waals surface area contributed by atoms with Gasteiger partial charge in [-0.25, -0.2) is 0 Å². The second-order valence-electron chi connectivity index (χ2n) is 6.65. The molecule has 0 saturated carbocycles. The monoisotopic (exact) mass is 397 g/mol. The molecule has 7 nitrogen and oxygen atoms in total. The maximum Gasteiger partial charge on any atom is 0.254 e. The summed E-state index contributed by atoms with van der Waals surface area (Å²) in [5.74, 6) is -0.251. The van der Waals surface area contributed by atoms with Crippen molar-refractivity contribution in [3.63, 3.8) is 0 Å². The van der Waals surface area contributed by atoms with E-state index in [1.165, 1.54) is 4.90 Å². The van der Waals surface area contributed by atoms with Gasteiger partial charge < -0.3 is 20.3 Å². The van der Waals surface area contributed by atoms with Crippen molar-refractivity contribution in [2.45, 2.75) is 20.3 Å². The lowest BCUT2D eigenvalue weighted by Crippen LogP contribution is -2.43. The number of hydrogen-bond donors (Lipinski definition) is 2. The maximum atomic E-state index is 12.7. The van der Waals surface area contributed by atoms with Crippen molar-refractivity contribution in [3.05, 3.63) is 59.7 Å². The number of anilines is 1. The van der Waals surface area contributed by atoms with Crippen molar-refractivity contribution in [1.82, 2.24) is 10.2 Å². The van der Waals surface area contributed by atoms with Crippen LogP contribution in [0.15, 0.2) is 48.5 Å². The molecular weight excluding hydrogens is 370 g/mol. The van der Waals surface area contributed by atoms with Crippen molar-refractivity contribution < 1.29 is 19.1 Å². The van der Waals surface area contributed by atoms with E-state index in [1.807, 2.05) is 26.0 Å². The lowest BCUT2D eigenvalue weighted by atomic mass is 10.1. The van der Waals surface area contributed by atoms with E-state index in [4.69, 9.17) is 4.74 Å². The first-order chi connectivity index (χ1) is 13.9. The van der Waals surface area contributed by atoms with Crippen LogP contribution in [0.3, 0.4) is 0 Å². The van der Waals surface area contributed by atoms with Crippen LogP contribution in [0.2, 0.25) is 0 Å². The van der Waals surface area contributed by atoms with E-state index in [9.17, 15) is 14.4 Å². The molecule has 2 N–H and O–H groups in total. The molecule has 7 heteroatoms. The number of nitrogens with one attached hydrogen (secondary N) is 2. The summed E-state index contributed by atoms with van der Waals surface area (Å²) in [6, 6.07) is 14.1. The molecule has 0 fully saturated rings. The molecule has 0 atom stereocenters. The molecule has 0 radical (unpaired) electrons. The molecular formula is C22H27N3O4. The van der Waals surface area contributed by atoms with Crippen LogP contribution in [0.25, 0.3) is 0 Å². The highest BCUT2D eigenvalue weighted by Gasteiger charge is 2.18. The summed E-state index contributed by atoms with van der Waals surface area (Å²) in [4.78, 5) is 38.5.